The van der Waals surface area contributed by atoms with Gasteiger partial charge in [0.05, 0.1) is 4.90 Å². The second-order valence-electron chi connectivity index (χ2n) is 8.53. The fourth-order valence-electron chi connectivity index (χ4n) is 2.81. The quantitative estimate of drug-likeness (QED) is 0.436. The summed E-state index contributed by atoms with van der Waals surface area (Å²) in [5, 5.41) is 3.40. The van der Waals surface area contributed by atoms with Crippen molar-refractivity contribution < 1.29 is 13.2 Å². The molecule has 0 bridgehead atoms. The largest absolute Gasteiger partial charge is 0.492 e. The third-order valence-corrected chi connectivity index (χ3v) is 7.33. The van der Waals surface area contributed by atoms with Crippen LogP contribution in [0.2, 0.25) is 0 Å². The molecule has 0 spiro atoms. The van der Waals surface area contributed by atoms with Crippen LogP contribution in [0.4, 0.5) is 0 Å². The predicted molar refractivity (Wildman–Crippen MR) is 133 cm³/mol. The van der Waals surface area contributed by atoms with Crippen molar-refractivity contribution in [3.8, 4) is 17.6 Å². The monoisotopic (exact) mass is 474 g/mol. The maximum Gasteiger partial charge on any atom is 0.243 e. The van der Waals surface area contributed by atoms with E-state index in [-0.39, 0.29) is 18.6 Å². The van der Waals surface area contributed by atoms with Gasteiger partial charge in [-0.3, -0.25) is 4.90 Å². The lowest BCUT2D eigenvalue weighted by molar-refractivity contribution is 0.284. The van der Waals surface area contributed by atoms with Crippen LogP contribution >= 0.6 is 11.3 Å². The Morgan fingerprint density at radius 2 is 2.00 bits per heavy atom. The average molecular weight is 475 g/mol. The zero-order valence-electron chi connectivity index (χ0n) is 19.7. The molecule has 0 fully saturated rings. The minimum atomic E-state index is -3.46. The highest BCUT2D eigenvalue weighted by Crippen LogP contribution is 2.18. The van der Waals surface area contributed by atoms with E-state index < -0.39 is 10.0 Å². The average Bonchev–Trinajstić information content (AvgIpc) is 3.28. The molecule has 0 amide bonds. The van der Waals surface area contributed by atoms with Crippen molar-refractivity contribution in [3.05, 3.63) is 58.8 Å². The number of rotatable bonds is 11. The number of benzene rings is 1. The van der Waals surface area contributed by atoms with Crippen LogP contribution in [0.25, 0.3) is 0 Å². The first-order valence-electron chi connectivity index (χ1n) is 10.7. The normalized spacial score (nSPS) is 12.3. The van der Waals surface area contributed by atoms with Crippen LogP contribution in [0.15, 0.2) is 58.1 Å². The summed E-state index contributed by atoms with van der Waals surface area (Å²) in [6, 6.07) is 9.57. The van der Waals surface area contributed by atoms with Gasteiger partial charge in [0.1, 0.15) is 12.4 Å². The van der Waals surface area contributed by atoms with E-state index in [2.05, 4.69) is 56.6 Å². The van der Waals surface area contributed by atoms with Crippen LogP contribution in [0.3, 0.4) is 0 Å². The molecule has 32 heavy (non-hydrogen) atoms. The number of allylic oxidation sites excluding steroid dienone is 1. The smallest absolute Gasteiger partial charge is 0.243 e. The van der Waals surface area contributed by atoms with E-state index in [0.717, 1.165) is 30.9 Å². The topological polar surface area (TPSA) is 49.9 Å². The third-order valence-electron chi connectivity index (χ3n) is 4.64. The van der Waals surface area contributed by atoms with Crippen LogP contribution in [0.1, 0.15) is 33.3 Å². The first-order valence-corrected chi connectivity index (χ1v) is 13.1. The summed E-state index contributed by atoms with van der Waals surface area (Å²) >= 11 is 1.37. The Kier molecular flexibility index (Phi) is 9.98. The molecule has 1 aromatic heterocycles. The fourth-order valence-corrected chi connectivity index (χ4v) is 4.98. The summed E-state index contributed by atoms with van der Waals surface area (Å²) in [6.07, 6.45) is 4.01. The summed E-state index contributed by atoms with van der Waals surface area (Å²) in [5.74, 6) is 7.05. The lowest BCUT2D eigenvalue weighted by atomic mass is 9.98. The standard InChI is InChI=1S/C25H34N2O3S2/c1-6-27(15-9-7-8-14-25(2,3)4)20-22-11-10-12-23(19-22)30-17-16-26(5)32(28,29)24-13-18-31-21-24/h7,9-13,18-19,21H,6,15-17,20H2,1-5H3/b9-7+. The molecule has 2 rings (SSSR count). The molecule has 0 unspecified atom stereocenters. The maximum atomic E-state index is 12.5. The van der Waals surface area contributed by atoms with E-state index in [9.17, 15) is 8.42 Å². The minimum absolute atomic E-state index is 0.0120. The zero-order valence-corrected chi connectivity index (χ0v) is 21.3. The van der Waals surface area contributed by atoms with Gasteiger partial charge in [-0.2, -0.15) is 15.6 Å². The van der Waals surface area contributed by atoms with Crippen molar-refractivity contribution >= 4 is 21.4 Å². The number of ether oxygens (including phenoxy) is 1. The van der Waals surface area contributed by atoms with E-state index >= 15 is 0 Å². The van der Waals surface area contributed by atoms with E-state index in [4.69, 9.17) is 4.74 Å². The van der Waals surface area contributed by atoms with Crippen LogP contribution in [-0.2, 0) is 16.6 Å². The molecule has 0 aliphatic heterocycles. The summed E-state index contributed by atoms with van der Waals surface area (Å²) in [6.45, 7) is 11.6. The van der Waals surface area contributed by atoms with Crippen molar-refractivity contribution in [2.24, 2.45) is 5.41 Å². The Hall–Kier alpha value is -2.11. The van der Waals surface area contributed by atoms with Crippen molar-refractivity contribution in [2.45, 2.75) is 39.1 Å². The Labute approximate surface area is 197 Å². The molecule has 7 heteroatoms. The number of nitrogens with zero attached hydrogens (tertiary/aromatic N) is 2. The van der Waals surface area contributed by atoms with Gasteiger partial charge >= 0.3 is 0 Å². The molecule has 0 radical (unpaired) electrons. The van der Waals surface area contributed by atoms with Gasteiger partial charge in [-0.05, 0) is 62.5 Å². The van der Waals surface area contributed by atoms with Gasteiger partial charge < -0.3 is 4.74 Å². The molecular formula is C25H34N2O3S2. The molecule has 0 aliphatic carbocycles. The number of likely N-dealkylation sites (N-methyl/N-ethyl adjacent to an activating group) is 2. The SMILES string of the molecule is CCN(C/C=C/C#CC(C)(C)C)Cc1cccc(OCCN(C)S(=O)(=O)c2ccsc2)c1. The van der Waals surface area contributed by atoms with Gasteiger partial charge in [-0.15, -0.1) is 0 Å². The highest BCUT2D eigenvalue weighted by molar-refractivity contribution is 7.89. The van der Waals surface area contributed by atoms with Gasteiger partial charge in [0.2, 0.25) is 10.0 Å². The van der Waals surface area contributed by atoms with Crippen molar-refractivity contribution in [3.63, 3.8) is 0 Å². The second kappa shape index (κ2) is 12.2. The highest BCUT2D eigenvalue weighted by atomic mass is 32.2. The zero-order chi connectivity index (χ0) is 23.6. The van der Waals surface area contributed by atoms with Crippen molar-refractivity contribution in [2.75, 3.05) is 33.3 Å². The molecule has 0 N–H and O–H groups in total. The summed E-state index contributed by atoms with van der Waals surface area (Å²) in [5.41, 5.74) is 1.16. The Morgan fingerprint density at radius 1 is 1.22 bits per heavy atom. The van der Waals surface area contributed by atoms with Gasteiger partial charge in [0.25, 0.3) is 0 Å². The van der Waals surface area contributed by atoms with Crippen LogP contribution in [0.5, 0.6) is 5.75 Å². The minimum Gasteiger partial charge on any atom is -0.492 e. The lowest BCUT2D eigenvalue weighted by Gasteiger charge is -2.19. The first-order chi connectivity index (χ1) is 15.1. The van der Waals surface area contributed by atoms with Crippen LogP contribution in [-0.4, -0.2) is 50.9 Å². The van der Waals surface area contributed by atoms with Gasteiger partial charge in [-0.25, -0.2) is 8.42 Å². The van der Waals surface area contributed by atoms with Gasteiger partial charge in [0, 0.05) is 37.5 Å². The lowest BCUT2D eigenvalue weighted by Crippen LogP contribution is -2.30. The Bertz CT molecular complexity index is 1030. The van der Waals surface area contributed by atoms with Crippen molar-refractivity contribution in [1.82, 2.24) is 9.21 Å². The van der Waals surface area contributed by atoms with E-state index in [1.165, 1.54) is 15.6 Å². The van der Waals surface area contributed by atoms with E-state index in [0.29, 0.717) is 4.90 Å². The molecule has 1 heterocycles. The molecule has 0 saturated carbocycles. The number of hydrogen-bond acceptors (Lipinski definition) is 5. The molecule has 0 aliphatic rings. The van der Waals surface area contributed by atoms with Gasteiger partial charge in [-0.1, -0.05) is 37.0 Å². The second-order valence-corrected chi connectivity index (χ2v) is 11.4. The summed E-state index contributed by atoms with van der Waals surface area (Å²) < 4.78 is 32.1. The molecule has 5 nitrogen and oxygen atoms in total. The molecule has 0 atom stereocenters. The third kappa shape index (κ3) is 8.79. The molecule has 1 aromatic carbocycles. The summed E-state index contributed by atoms with van der Waals surface area (Å²) in [7, 11) is -1.88. The highest BCUT2D eigenvalue weighted by Gasteiger charge is 2.20. The predicted octanol–water partition coefficient (Wildman–Crippen LogP) is 4.88. The molecule has 174 valence electrons. The number of thiophene rings is 1. The van der Waals surface area contributed by atoms with Crippen LogP contribution in [0, 0.1) is 17.3 Å². The number of hydrogen-bond donors (Lipinski definition) is 0. The maximum absolute atomic E-state index is 12.5. The first kappa shape index (κ1) is 26.1. The van der Waals surface area contributed by atoms with E-state index in [1.807, 2.05) is 24.3 Å². The molecule has 2 aromatic rings. The van der Waals surface area contributed by atoms with Crippen LogP contribution < -0.4 is 4.74 Å². The van der Waals surface area contributed by atoms with E-state index in [1.54, 1.807) is 23.9 Å². The molecular weight excluding hydrogens is 440 g/mol. The Balaban J connectivity index is 1.87. The van der Waals surface area contributed by atoms with Gasteiger partial charge in [0.15, 0.2) is 0 Å². The van der Waals surface area contributed by atoms with Crippen molar-refractivity contribution in [1.29, 1.82) is 0 Å². The molecule has 0 saturated heterocycles. The number of sulfonamides is 1. The Morgan fingerprint density at radius 3 is 2.66 bits per heavy atom. The fraction of sp³-hybridized carbons (Fsp3) is 0.440. The summed E-state index contributed by atoms with van der Waals surface area (Å²) in [4.78, 5) is 2.64.